The Bertz CT molecular complexity index is 1040. The van der Waals surface area contributed by atoms with Gasteiger partial charge in [0.15, 0.2) is 11.5 Å². The van der Waals surface area contributed by atoms with E-state index in [1.54, 1.807) is 12.1 Å². The molecule has 4 aliphatic rings. The maximum atomic E-state index is 10.2. The van der Waals surface area contributed by atoms with Crippen LogP contribution in [0.15, 0.2) is 30.3 Å². The van der Waals surface area contributed by atoms with E-state index in [0.29, 0.717) is 29.6 Å². The second-order valence-electron chi connectivity index (χ2n) is 8.21. The number of hydrogen-bond donors (Lipinski definition) is 4. The van der Waals surface area contributed by atoms with E-state index in [1.165, 1.54) is 0 Å². The summed E-state index contributed by atoms with van der Waals surface area (Å²) in [6, 6.07) is 8.94. The molecule has 0 aliphatic carbocycles. The quantitative estimate of drug-likeness (QED) is 0.518. The third kappa shape index (κ3) is 2.99. The molecule has 10 nitrogen and oxygen atoms in total. The summed E-state index contributed by atoms with van der Waals surface area (Å²) in [5, 5.41) is 39.4. The van der Waals surface area contributed by atoms with Gasteiger partial charge < -0.3 is 48.8 Å². The Morgan fingerprint density at radius 2 is 1.66 bits per heavy atom. The highest BCUT2D eigenvalue weighted by Gasteiger charge is 2.45. The van der Waals surface area contributed by atoms with Crippen molar-refractivity contribution in [3.63, 3.8) is 0 Å². The Morgan fingerprint density at radius 1 is 0.844 bits per heavy atom. The zero-order chi connectivity index (χ0) is 22.0. The predicted molar refractivity (Wildman–Crippen MR) is 105 cm³/mol. The number of aliphatic hydroxyl groups excluding tert-OH is 4. The van der Waals surface area contributed by atoms with Crippen molar-refractivity contribution in [3.05, 3.63) is 41.5 Å². The second kappa shape index (κ2) is 7.39. The van der Waals surface area contributed by atoms with Gasteiger partial charge in [0, 0.05) is 23.3 Å². The molecule has 0 bridgehead atoms. The van der Waals surface area contributed by atoms with Crippen molar-refractivity contribution < 1.29 is 48.8 Å². The number of aliphatic hydroxyl groups is 4. The van der Waals surface area contributed by atoms with Crippen molar-refractivity contribution in [2.45, 2.75) is 42.7 Å². The summed E-state index contributed by atoms with van der Waals surface area (Å²) >= 11 is 0. The van der Waals surface area contributed by atoms with Gasteiger partial charge in [0.25, 0.3) is 0 Å². The molecule has 4 heterocycles. The zero-order valence-electron chi connectivity index (χ0n) is 16.8. The summed E-state index contributed by atoms with van der Waals surface area (Å²) in [7, 11) is 0. The van der Waals surface area contributed by atoms with Crippen LogP contribution in [0.4, 0.5) is 0 Å². The molecule has 10 heteroatoms. The highest BCUT2D eigenvalue weighted by atomic mass is 16.7. The molecule has 170 valence electrons. The molecule has 7 atom stereocenters. The van der Waals surface area contributed by atoms with Crippen molar-refractivity contribution in [3.8, 4) is 28.7 Å². The SMILES string of the molecule is OCC1O[C@@H](Oc2ccc3c(c2)OC[C@H]2c4cc5c(cc4O[C@@H]32)OCO5)C(O)[C@@H](O)[C@@H]1O. The van der Waals surface area contributed by atoms with E-state index in [0.717, 1.165) is 16.9 Å². The molecule has 4 aliphatic heterocycles. The second-order valence-corrected chi connectivity index (χ2v) is 8.21. The van der Waals surface area contributed by atoms with Crippen LogP contribution in [0.5, 0.6) is 28.7 Å². The third-order valence-electron chi connectivity index (χ3n) is 6.33. The number of ether oxygens (including phenoxy) is 6. The molecule has 2 aromatic rings. The summed E-state index contributed by atoms with van der Waals surface area (Å²) in [6.45, 7) is 0.0648. The zero-order valence-corrected chi connectivity index (χ0v) is 16.8. The van der Waals surface area contributed by atoms with Crippen molar-refractivity contribution in [1.82, 2.24) is 0 Å². The van der Waals surface area contributed by atoms with Gasteiger partial charge >= 0.3 is 0 Å². The smallest absolute Gasteiger partial charge is 0.231 e. The fraction of sp³-hybridized carbons (Fsp3) is 0.455. The van der Waals surface area contributed by atoms with E-state index in [2.05, 4.69) is 0 Å². The first kappa shape index (κ1) is 19.9. The minimum absolute atomic E-state index is 0.00390. The third-order valence-corrected chi connectivity index (χ3v) is 6.33. The average molecular weight is 446 g/mol. The molecule has 4 N–H and O–H groups in total. The van der Waals surface area contributed by atoms with Gasteiger partial charge in [0.1, 0.15) is 47.8 Å². The normalized spacial score (nSPS) is 34.1. The van der Waals surface area contributed by atoms with E-state index in [1.807, 2.05) is 18.2 Å². The number of benzene rings is 2. The molecule has 0 saturated carbocycles. The topological polar surface area (TPSA) is 136 Å². The van der Waals surface area contributed by atoms with E-state index >= 15 is 0 Å². The van der Waals surface area contributed by atoms with Crippen LogP contribution in [0.1, 0.15) is 23.1 Å². The van der Waals surface area contributed by atoms with Crippen LogP contribution in [0.2, 0.25) is 0 Å². The minimum atomic E-state index is -1.51. The van der Waals surface area contributed by atoms with Crippen LogP contribution >= 0.6 is 0 Å². The van der Waals surface area contributed by atoms with Crippen LogP contribution in [-0.2, 0) is 4.74 Å². The largest absolute Gasteiger partial charge is 0.492 e. The van der Waals surface area contributed by atoms with Crippen LogP contribution in [0, 0.1) is 0 Å². The highest BCUT2D eigenvalue weighted by Crippen LogP contribution is 2.54. The average Bonchev–Trinajstić information content (AvgIpc) is 3.41. The summed E-state index contributed by atoms with van der Waals surface area (Å²) in [4.78, 5) is 0. The van der Waals surface area contributed by atoms with Crippen LogP contribution < -0.4 is 23.7 Å². The predicted octanol–water partition coefficient (Wildman–Crippen LogP) is 0.204. The van der Waals surface area contributed by atoms with Crippen molar-refractivity contribution in [1.29, 1.82) is 0 Å². The van der Waals surface area contributed by atoms with Gasteiger partial charge in [-0.2, -0.15) is 0 Å². The fourth-order valence-corrected chi connectivity index (χ4v) is 4.60. The van der Waals surface area contributed by atoms with E-state index in [4.69, 9.17) is 28.4 Å². The van der Waals surface area contributed by atoms with Gasteiger partial charge in [-0.15, -0.1) is 0 Å². The van der Waals surface area contributed by atoms with Crippen molar-refractivity contribution in [2.24, 2.45) is 0 Å². The standard InChI is InChI=1S/C22H22O10/c23-6-17-18(24)19(25)20(26)22(32-17)30-9-1-2-10-13(3-9)27-7-12-11-4-15-16(29-8-28-15)5-14(11)31-21(10)12/h1-5,12,17-26H,6-8H2/t12-,17?,18+,19-,20?,21-,22+/m0/s1. The van der Waals surface area contributed by atoms with Gasteiger partial charge in [-0.05, 0) is 18.2 Å². The Morgan fingerprint density at radius 3 is 2.47 bits per heavy atom. The van der Waals surface area contributed by atoms with E-state index < -0.39 is 37.3 Å². The molecule has 0 aromatic heterocycles. The first-order chi connectivity index (χ1) is 15.5. The summed E-state index contributed by atoms with van der Waals surface area (Å²) in [6.07, 6.45) is -7.01. The first-order valence-corrected chi connectivity index (χ1v) is 10.4. The molecule has 1 fully saturated rings. The molecule has 0 radical (unpaired) electrons. The Hall–Kier alpha value is -2.76. The molecular weight excluding hydrogens is 424 g/mol. The monoisotopic (exact) mass is 446 g/mol. The Balaban J connectivity index is 1.23. The number of rotatable bonds is 3. The molecular formula is C22H22O10. The van der Waals surface area contributed by atoms with Crippen LogP contribution in [-0.4, -0.2) is 71.1 Å². The molecule has 2 unspecified atom stereocenters. The van der Waals surface area contributed by atoms with Crippen LogP contribution in [0.3, 0.4) is 0 Å². The number of hydrogen-bond acceptors (Lipinski definition) is 10. The Kier molecular flexibility index (Phi) is 4.60. The maximum absolute atomic E-state index is 10.2. The lowest BCUT2D eigenvalue weighted by Crippen LogP contribution is -2.60. The highest BCUT2D eigenvalue weighted by molar-refractivity contribution is 5.57. The van der Waals surface area contributed by atoms with E-state index in [9.17, 15) is 20.4 Å². The Labute approximate surface area is 182 Å². The van der Waals surface area contributed by atoms with Gasteiger partial charge in [0.2, 0.25) is 13.1 Å². The van der Waals surface area contributed by atoms with Gasteiger partial charge in [0.05, 0.1) is 19.1 Å². The van der Waals surface area contributed by atoms with Crippen molar-refractivity contribution >= 4 is 0 Å². The molecule has 2 aromatic carbocycles. The first-order valence-electron chi connectivity index (χ1n) is 10.4. The fourth-order valence-electron chi connectivity index (χ4n) is 4.60. The lowest BCUT2D eigenvalue weighted by molar-refractivity contribution is -0.277. The summed E-state index contributed by atoms with van der Waals surface area (Å²) in [5.74, 6) is 3.00. The minimum Gasteiger partial charge on any atom is -0.492 e. The maximum Gasteiger partial charge on any atom is 0.231 e. The molecule has 6 rings (SSSR count). The lowest BCUT2D eigenvalue weighted by Gasteiger charge is -2.39. The van der Waals surface area contributed by atoms with Gasteiger partial charge in [-0.1, -0.05) is 0 Å². The molecule has 32 heavy (non-hydrogen) atoms. The van der Waals surface area contributed by atoms with Crippen LogP contribution in [0.25, 0.3) is 0 Å². The molecule has 0 amide bonds. The molecule has 0 spiro atoms. The molecule has 1 saturated heterocycles. The van der Waals surface area contributed by atoms with E-state index in [-0.39, 0.29) is 18.8 Å². The lowest BCUT2D eigenvalue weighted by atomic mass is 9.89. The van der Waals surface area contributed by atoms with Gasteiger partial charge in [-0.25, -0.2) is 0 Å². The summed E-state index contributed by atoms with van der Waals surface area (Å²) in [5.41, 5.74) is 1.85. The van der Waals surface area contributed by atoms with Gasteiger partial charge in [-0.3, -0.25) is 0 Å². The van der Waals surface area contributed by atoms with Crippen molar-refractivity contribution in [2.75, 3.05) is 20.0 Å². The number of fused-ring (bicyclic) bond motifs is 6. The summed E-state index contributed by atoms with van der Waals surface area (Å²) < 4.78 is 34.2.